The van der Waals surface area contributed by atoms with Crippen molar-refractivity contribution in [3.05, 3.63) is 41.7 Å². The molecule has 0 aliphatic carbocycles. The molecular weight excluding hydrogens is 330 g/mol. The van der Waals surface area contributed by atoms with E-state index >= 15 is 0 Å². The Labute approximate surface area is 141 Å². The molecule has 0 spiro atoms. The minimum Gasteiger partial charge on any atom is -0.399 e. The summed E-state index contributed by atoms with van der Waals surface area (Å²) >= 11 is 0. The van der Waals surface area contributed by atoms with Crippen molar-refractivity contribution in [3.63, 3.8) is 0 Å². The van der Waals surface area contributed by atoms with Crippen molar-refractivity contribution in [3.8, 4) is 0 Å². The molecule has 0 aliphatic heterocycles. The van der Waals surface area contributed by atoms with Crippen LogP contribution in [0.3, 0.4) is 0 Å². The van der Waals surface area contributed by atoms with Gasteiger partial charge in [0.2, 0.25) is 12.4 Å². The monoisotopic (exact) mass is 351 g/mol. The summed E-state index contributed by atoms with van der Waals surface area (Å²) in [4.78, 5) is 19.1. The number of aromatic nitrogens is 2. The summed E-state index contributed by atoms with van der Waals surface area (Å²) < 4.78 is 26.6. The zero-order chi connectivity index (χ0) is 18.3. The van der Waals surface area contributed by atoms with Gasteiger partial charge in [-0.15, -0.1) is 0 Å². The van der Waals surface area contributed by atoms with Crippen LogP contribution in [0.5, 0.6) is 0 Å². The molecule has 0 bridgehead atoms. The lowest BCUT2D eigenvalue weighted by molar-refractivity contribution is -0.115. The van der Waals surface area contributed by atoms with Crippen molar-refractivity contribution in [2.45, 2.75) is 18.7 Å². The van der Waals surface area contributed by atoms with Gasteiger partial charge in [-0.1, -0.05) is 0 Å². The Morgan fingerprint density at radius 3 is 1.96 bits per heavy atom. The lowest BCUT2D eigenvalue weighted by Crippen LogP contribution is -2.15. The van der Waals surface area contributed by atoms with Crippen molar-refractivity contribution in [2.75, 3.05) is 24.6 Å². The molecular formula is C15H21N5O3S. The van der Waals surface area contributed by atoms with Crippen LogP contribution in [-0.4, -0.2) is 43.8 Å². The molecule has 3 N–H and O–H groups in total. The molecule has 130 valence electrons. The Balaban J connectivity index is 0.000000505. The summed E-state index contributed by atoms with van der Waals surface area (Å²) in [6.45, 7) is 3.55. The Kier molecular flexibility index (Phi) is 6.66. The number of nitrogens with one attached hydrogen (secondary N) is 1. The van der Waals surface area contributed by atoms with Gasteiger partial charge in [-0.2, -0.15) is 0 Å². The van der Waals surface area contributed by atoms with Crippen LogP contribution in [0.2, 0.25) is 0 Å². The van der Waals surface area contributed by atoms with Crippen LogP contribution >= 0.6 is 0 Å². The number of anilines is 2. The molecule has 1 amide bonds. The second-order valence-corrected chi connectivity index (χ2v) is 6.90. The molecule has 0 saturated heterocycles. The van der Waals surface area contributed by atoms with E-state index in [-0.39, 0.29) is 10.8 Å². The van der Waals surface area contributed by atoms with E-state index < -0.39 is 10.0 Å². The van der Waals surface area contributed by atoms with Gasteiger partial charge >= 0.3 is 0 Å². The number of nitrogens with two attached hydrogens (primary N) is 1. The molecule has 0 aliphatic rings. The predicted octanol–water partition coefficient (Wildman–Crippen LogP) is 1.18. The highest BCUT2D eigenvalue weighted by Crippen LogP contribution is 2.15. The maximum Gasteiger partial charge on any atom is 0.264 e. The number of carbonyl (C=O) groups is 1. The Morgan fingerprint density at radius 2 is 1.54 bits per heavy atom. The molecule has 1 aromatic heterocycles. The topological polar surface area (TPSA) is 118 Å². The van der Waals surface area contributed by atoms with E-state index in [1.54, 1.807) is 34.0 Å². The zero-order valence-corrected chi connectivity index (χ0v) is 14.8. The zero-order valence-electron chi connectivity index (χ0n) is 14.0. The first-order valence-corrected chi connectivity index (χ1v) is 8.44. The molecule has 1 aromatic carbocycles. The Bertz CT molecular complexity index is 769. The number of benzene rings is 1. The molecule has 9 heteroatoms. The minimum absolute atomic E-state index is 0.0642. The lowest BCUT2D eigenvalue weighted by atomic mass is 10.3. The van der Waals surface area contributed by atoms with Crippen LogP contribution in [0.4, 0.5) is 11.6 Å². The van der Waals surface area contributed by atoms with Crippen LogP contribution in [0.1, 0.15) is 11.4 Å². The SMILES string of the molecule is CN(C)C=O.Cc1cc(C)nc(NS(=O)(=O)c2ccc(N)cc2)n1. The van der Waals surface area contributed by atoms with Crippen LogP contribution < -0.4 is 10.5 Å². The van der Waals surface area contributed by atoms with Gasteiger partial charge in [-0.25, -0.2) is 23.1 Å². The number of hydrogen-bond donors (Lipinski definition) is 2. The average Bonchev–Trinajstić information content (AvgIpc) is 2.46. The molecule has 24 heavy (non-hydrogen) atoms. The number of nitrogens with zero attached hydrogens (tertiary/aromatic N) is 3. The Hall–Kier alpha value is -2.68. The fraction of sp³-hybridized carbons (Fsp3) is 0.267. The van der Waals surface area contributed by atoms with Crippen LogP contribution in [-0.2, 0) is 14.8 Å². The van der Waals surface area contributed by atoms with Gasteiger partial charge in [0.15, 0.2) is 0 Å². The van der Waals surface area contributed by atoms with Crippen molar-refractivity contribution in [2.24, 2.45) is 0 Å². The normalized spacial score (nSPS) is 10.3. The first kappa shape index (κ1) is 19.4. The quantitative estimate of drug-likeness (QED) is 0.631. The second-order valence-electron chi connectivity index (χ2n) is 5.22. The third kappa shape index (κ3) is 6.21. The van der Waals surface area contributed by atoms with E-state index in [1.165, 1.54) is 29.2 Å². The number of hydrogen-bond acceptors (Lipinski definition) is 6. The van der Waals surface area contributed by atoms with Gasteiger partial charge in [-0.05, 0) is 44.2 Å². The number of amides is 1. The van der Waals surface area contributed by atoms with Crippen molar-refractivity contribution in [1.29, 1.82) is 0 Å². The number of aryl methyl sites for hydroxylation is 2. The van der Waals surface area contributed by atoms with E-state index in [1.807, 2.05) is 0 Å². The Morgan fingerprint density at radius 1 is 1.08 bits per heavy atom. The maximum absolute atomic E-state index is 12.1. The fourth-order valence-electron chi connectivity index (χ4n) is 1.60. The van der Waals surface area contributed by atoms with Gasteiger partial charge in [-0.3, -0.25) is 4.79 Å². The molecule has 8 nitrogen and oxygen atoms in total. The molecule has 1 heterocycles. The molecule has 0 saturated carbocycles. The summed E-state index contributed by atoms with van der Waals surface area (Å²) in [5.74, 6) is 0.0642. The molecule has 0 radical (unpaired) electrons. The molecule has 2 rings (SSSR count). The third-order valence-corrected chi connectivity index (χ3v) is 3.95. The van der Waals surface area contributed by atoms with Crippen LogP contribution in [0.25, 0.3) is 0 Å². The van der Waals surface area contributed by atoms with E-state index in [4.69, 9.17) is 5.73 Å². The molecule has 0 unspecified atom stereocenters. The van der Waals surface area contributed by atoms with Crippen LogP contribution in [0.15, 0.2) is 35.2 Å². The highest BCUT2D eigenvalue weighted by Gasteiger charge is 2.15. The summed E-state index contributed by atoms with van der Waals surface area (Å²) in [6.07, 6.45) is 0.750. The summed E-state index contributed by atoms with van der Waals surface area (Å²) in [6, 6.07) is 7.68. The summed E-state index contributed by atoms with van der Waals surface area (Å²) in [7, 11) is -0.319. The predicted molar refractivity (Wildman–Crippen MR) is 92.9 cm³/mol. The second kappa shape index (κ2) is 8.25. The molecule has 2 aromatic rings. The van der Waals surface area contributed by atoms with Crippen molar-refractivity contribution < 1.29 is 13.2 Å². The first-order valence-electron chi connectivity index (χ1n) is 6.96. The first-order chi connectivity index (χ1) is 11.1. The van der Waals surface area contributed by atoms with Gasteiger partial charge in [0, 0.05) is 31.2 Å². The largest absolute Gasteiger partial charge is 0.399 e. The summed E-state index contributed by atoms with van der Waals surface area (Å²) in [5, 5.41) is 0. The van der Waals surface area contributed by atoms with Gasteiger partial charge < -0.3 is 10.6 Å². The highest BCUT2D eigenvalue weighted by atomic mass is 32.2. The average molecular weight is 351 g/mol. The third-order valence-electron chi connectivity index (χ3n) is 2.61. The number of rotatable bonds is 4. The van der Waals surface area contributed by atoms with Crippen LogP contribution in [0, 0.1) is 13.8 Å². The van der Waals surface area contributed by atoms with E-state index in [0.29, 0.717) is 17.1 Å². The van der Waals surface area contributed by atoms with Gasteiger partial charge in [0.25, 0.3) is 10.0 Å². The lowest BCUT2D eigenvalue weighted by Gasteiger charge is -2.08. The van der Waals surface area contributed by atoms with E-state index in [2.05, 4.69) is 14.7 Å². The number of nitrogen functional groups attached to an aromatic ring is 1. The van der Waals surface area contributed by atoms with Crippen molar-refractivity contribution >= 4 is 28.1 Å². The standard InChI is InChI=1S/C12H14N4O2S.C3H7NO/c1-8-7-9(2)15-12(14-8)16-19(17,18)11-5-3-10(13)4-6-11;1-4(2)3-5/h3-7H,13H2,1-2H3,(H,14,15,16);3H,1-2H3. The number of carbonyl (C=O) groups excluding carboxylic acids is 1. The van der Waals surface area contributed by atoms with Gasteiger partial charge in [0.05, 0.1) is 4.90 Å². The fourth-order valence-corrected chi connectivity index (χ4v) is 2.54. The number of sulfonamides is 1. The smallest absolute Gasteiger partial charge is 0.264 e. The summed E-state index contributed by atoms with van der Waals surface area (Å²) in [5.41, 5.74) is 7.42. The van der Waals surface area contributed by atoms with Crippen molar-refractivity contribution in [1.82, 2.24) is 14.9 Å². The van der Waals surface area contributed by atoms with Gasteiger partial charge in [0.1, 0.15) is 0 Å². The molecule has 0 fully saturated rings. The van der Waals surface area contributed by atoms with E-state index in [9.17, 15) is 13.2 Å². The maximum atomic E-state index is 12.1. The molecule has 0 atom stereocenters. The van der Waals surface area contributed by atoms with E-state index in [0.717, 1.165) is 6.41 Å². The highest BCUT2D eigenvalue weighted by molar-refractivity contribution is 7.92. The minimum atomic E-state index is -3.69.